The minimum atomic E-state index is -0.125. The highest BCUT2D eigenvalue weighted by Gasteiger charge is 2.07. The lowest BCUT2D eigenvalue weighted by molar-refractivity contribution is -0.113. The Labute approximate surface area is 115 Å². The quantitative estimate of drug-likeness (QED) is 0.840. The molecular weight excluding hydrogens is 264 g/mol. The molecule has 7 heteroatoms. The van der Waals surface area contributed by atoms with Crippen LogP contribution in [0.3, 0.4) is 0 Å². The Morgan fingerprint density at radius 3 is 2.89 bits per heavy atom. The molecule has 0 radical (unpaired) electrons. The molecule has 0 saturated heterocycles. The highest BCUT2D eigenvalue weighted by molar-refractivity contribution is 7.99. The number of hydrogen-bond acceptors (Lipinski definition) is 5. The first-order valence-corrected chi connectivity index (χ1v) is 6.81. The highest BCUT2D eigenvalue weighted by Crippen LogP contribution is 2.12. The van der Waals surface area contributed by atoms with Crippen LogP contribution in [0.4, 0.5) is 5.95 Å². The molecule has 19 heavy (non-hydrogen) atoms. The first-order chi connectivity index (χ1) is 9.28. The molecule has 6 nitrogen and oxygen atoms in total. The lowest BCUT2D eigenvalue weighted by Gasteiger charge is -2.02. The van der Waals surface area contributed by atoms with Crippen LogP contribution in [-0.2, 0) is 10.5 Å². The largest absolute Gasteiger partial charge is 0.466 e. The number of H-pyrrole nitrogens is 1. The summed E-state index contributed by atoms with van der Waals surface area (Å²) in [5.74, 6) is 1.33. The van der Waals surface area contributed by atoms with Gasteiger partial charge < -0.3 is 4.74 Å². The van der Waals surface area contributed by atoms with Gasteiger partial charge in [-0.25, -0.2) is 5.10 Å². The maximum absolute atomic E-state index is 11.6. The molecule has 0 saturated carbocycles. The van der Waals surface area contributed by atoms with Crippen molar-refractivity contribution in [2.24, 2.45) is 0 Å². The number of methoxy groups -OCH3 is 1. The van der Waals surface area contributed by atoms with Gasteiger partial charge in [0.25, 0.3) is 0 Å². The van der Waals surface area contributed by atoms with Gasteiger partial charge in [0.1, 0.15) is 0 Å². The molecule has 0 atom stereocenters. The van der Waals surface area contributed by atoms with Crippen LogP contribution in [0.15, 0.2) is 30.3 Å². The first kappa shape index (κ1) is 13.4. The van der Waals surface area contributed by atoms with Crippen molar-refractivity contribution in [3.8, 4) is 6.01 Å². The number of anilines is 1. The Morgan fingerprint density at radius 1 is 1.42 bits per heavy atom. The van der Waals surface area contributed by atoms with E-state index in [-0.39, 0.29) is 11.9 Å². The molecule has 0 bridgehead atoms. The molecule has 100 valence electrons. The third kappa shape index (κ3) is 4.29. The summed E-state index contributed by atoms with van der Waals surface area (Å²) >= 11 is 1.54. The Balaban J connectivity index is 1.73. The van der Waals surface area contributed by atoms with E-state index in [1.165, 1.54) is 12.7 Å². The lowest BCUT2D eigenvalue weighted by atomic mass is 10.2. The number of carbonyl (C=O) groups is 1. The fourth-order valence-electron chi connectivity index (χ4n) is 1.40. The maximum atomic E-state index is 11.6. The van der Waals surface area contributed by atoms with Crippen molar-refractivity contribution >= 4 is 23.6 Å². The third-order valence-electron chi connectivity index (χ3n) is 2.25. The molecule has 1 amide bonds. The fraction of sp³-hybridized carbons (Fsp3) is 0.250. The fourth-order valence-corrected chi connectivity index (χ4v) is 2.19. The van der Waals surface area contributed by atoms with Crippen LogP contribution in [0.2, 0.25) is 0 Å². The number of ether oxygens (including phenoxy) is 1. The van der Waals surface area contributed by atoms with Crippen LogP contribution in [0.5, 0.6) is 6.01 Å². The van der Waals surface area contributed by atoms with Crippen LogP contribution >= 0.6 is 11.8 Å². The number of benzene rings is 1. The summed E-state index contributed by atoms with van der Waals surface area (Å²) in [6.07, 6.45) is 0. The van der Waals surface area contributed by atoms with Crippen molar-refractivity contribution < 1.29 is 9.53 Å². The minimum absolute atomic E-state index is 0.125. The molecular formula is C12H14N4O2S. The van der Waals surface area contributed by atoms with Gasteiger partial charge in [0.15, 0.2) is 0 Å². The van der Waals surface area contributed by atoms with E-state index in [0.717, 1.165) is 5.75 Å². The number of nitrogens with one attached hydrogen (secondary N) is 2. The Kier molecular flexibility index (Phi) is 4.79. The molecule has 2 rings (SSSR count). The van der Waals surface area contributed by atoms with E-state index in [9.17, 15) is 4.79 Å². The van der Waals surface area contributed by atoms with Gasteiger partial charge in [-0.3, -0.25) is 10.1 Å². The van der Waals surface area contributed by atoms with Crippen molar-refractivity contribution in [3.05, 3.63) is 35.9 Å². The number of hydrogen-bond donors (Lipinski definition) is 2. The lowest BCUT2D eigenvalue weighted by Crippen LogP contribution is -2.15. The number of amides is 1. The zero-order valence-corrected chi connectivity index (χ0v) is 11.2. The molecule has 1 aromatic carbocycles. The van der Waals surface area contributed by atoms with Gasteiger partial charge in [0, 0.05) is 5.75 Å². The topological polar surface area (TPSA) is 79.9 Å². The number of thioether (sulfide) groups is 1. The zero-order valence-electron chi connectivity index (χ0n) is 10.4. The van der Waals surface area contributed by atoms with E-state index in [1.807, 2.05) is 30.3 Å². The van der Waals surface area contributed by atoms with Gasteiger partial charge in [0.05, 0.1) is 12.9 Å². The summed E-state index contributed by atoms with van der Waals surface area (Å²) in [5.41, 5.74) is 1.20. The second-order valence-corrected chi connectivity index (χ2v) is 4.68. The van der Waals surface area contributed by atoms with E-state index in [4.69, 9.17) is 4.74 Å². The third-order valence-corrected chi connectivity index (χ3v) is 3.25. The summed E-state index contributed by atoms with van der Waals surface area (Å²) < 4.78 is 4.81. The standard InChI is InChI=1S/C12H14N4O2S/c1-18-12-14-11(15-16-12)13-10(17)8-19-7-9-5-3-2-4-6-9/h2-6H,7-8H2,1H3,(H2,13,14,15,16,17). The molecule has 0 aliphatic rings. The van der Waals surface area contributed by atoms with E-state index in [2.05, 4.69) is 20.5 Å². The summed E-state index contributed by atoms with van der Waals surface area (Å²) in [6.45, 7) is 0. The summed E-state index contributed by atoms with van der Waals surface area (Å²) in [4.78, 5) is 15.5. The van der Waals surface area contributed by atoms with Gasteiger partial charge in [0.2, 0.25) is 11.9 Å². The molecule has 0 unspecified atom stereocenters. The van der Waals surface area contributed by atoms with Crippen LogP contribution in [0, 0.1) is 0 Å². The SMILES string of the molecule is COc1n[nH]c(NC(=O)CSCc2ccccc2)n1. The van der Waals surface area contributed by atoms with Crippen molar-refractivity contribution in [2.75, 3.05) is 18.2 Å². The molecule has 1 heterocycles. The molecule has 0 spiro atoms. The van der Waals surface area contributed by atoms with E-state index < -0.39 is 0 Å². The van der Waals surface area contributed by atoms with Gasteiger partial charge in [-0.1, -0.05) is 30.3 Å². The minimum Gasteiger partial charge on any atom is -0.466 e. The van der Waals surface area contributed by atoms with Crippen LogP contribution in [0.1, 0.15) is 5.56 Å². The predicted molar refractivity (Wildman–Crippen MR) is 74.2 cm³/mol. The Hall–Kier alpha value is -2.02. The van der Waals surface area contributed by atoms with Crippen molar-refractivity contribution in [2.45, 2.75) is 5.75 Å². The Bertz CT molecular complexity index is 530. The number of aromatic amines is 1. The summed E-state index contributed by atoms with van der Waals surface area (Å²) in [7, 11) is 1.46. The summed E-state index contributed by atoms with van der Waals surface area (Å²) in [6, 6.07) is 10.2. The van der Waals surface area contributed by atoms with E-state index >= 15 is 0 Å². The average molecular weight is 278 g/mol. The maximum Gasteiger partial charge on any atom is 0.336 e. The molecule has 2 aromatic rings. The van der Waals surface area contributed by atoms with Crippen molar-refractivity contribution in [1.82, 2.24) is 15.2 Å². The average Bonchev–Trinajstić information content (AvgIpc) is 2.87. The van der Waals surface area contributed by atoms with Gasteiger partial charge in [-0.2, -0.15) is 4.98 Å². The van der Waals surface area contributed by atoms with Gasteiger partial charge in [-0.05, 0) is 5.56 Å². The summed E-state index contributed by atoms with van der Waals surface area (Å²) in [5, 5.41) is 8.92. The van der Waals surface area contributed by atoms with Gasteiger partial charge >= 0.3 is 6.01 Å². The smallest absolute Gasteiger partial charge is 0.336 e. The molecule has 0 fully saturated rings. The number of carbonyl (C=O) groups excluding carboxylic acids is 1. The second kappa shape index (κ2) is 6.79. The number of nitrogens with zero attached hydrogens (tertiary/aromatic N) is 2. The normalized spacial score (nSPS) is 10.2. The number of aromatic nitrogens is 3. The van der Waals surface area contributed by atoms with E-state index in [0.29, 0.717) is 11.7 Å². The highest BCUT2D eigenvalue weighted by atomic mass is 32.2. The zero-order chi connectivity index (χ0) is 13.5. The molecule has 0 aliphatic carbocycles. The molecule has 2 N–H and O–H groups in total. The Morgan fingerprint density at radius 2 is 2.21 bits per heavy atom. The van der Waals surface area contributed by atoms with Gasteiger partial charge in [-0.15, -0.1) is 16.9 Å². The molecule has 0 aliphatic heterocycles. The van der Waals surface area contributed by atoms with Crippen LogP contribution in [0.25, 0.3) is 0 Å². The first-order valence-electron chi connectivity index (χ1n) is 5.66. The number of rotatable bonds is 6. The molecule has 1 aromatic heterocycles. The predicted octanol–water partition coefficient (Wildman–Crippen LogP) is 1.69. The van der Waals surface area contributed by atoms with Crippen molar-refractivity contribution in [1.29, 1.82) is 0 Å². The van der Waals surface area contributed by atoms with E-state index in [1.54, 1.807) is 11.8 Å². The second-order valence-electron chi connectivity index (χ2n) is 3.70. The van der Waals surface area contributed by atoms with Crippen molar-refractivity contribution in [3.63, 3.8) is 0 Å². The monoisotopic (exact) mass is 278 g/mol. The van der Waals surface area contributed by atoms with Crippen LogP contribution < -0.4 is 10.1 Å². The van der Waals surface area contributed by atoms with Crippen LogP contribution in [-0.4, -0.2) is 34.0 Å².